The first-order valence-corrected chi connectivity index (χ1v) is 10.2. The fraction of sp³-hybridized carbons (Fsp3) is 0.333. The van der Waals surface area contributed by atoms with E-state index < -0.39 is 10.0 Å². The quantitative estimate of drug-likeness (QED) is 0.528. The van der Waals surface area contributed by atoms with Crippen molar-refractivity contribution in [3.8, 4) is 0 Å². The van der Waals surface area contributed by atoms with Crippen LogP contribution in [0.3, 0.4) is 0 Å². The number of hydrogen-bond acceptors (Lipinski definition) is 6. The van der Waals surface area contributed by atoms with Gasteiger partial charge in [0.1, 0.15) is 5.69 Å². The van der Waals surface area contributed by atoms with Crippen molar-refractivity contribution in [2.45, 2.75) is 20.8 Å². The molecule has 0 radical (unpaired) electrons. The fourth-order valence-corrected chi connectivity index (χ4v) is 3.00. The molecule has 2 rings (SSSR count). The van der Waals surface area contributed by atoms with E-state index in [1.165, 1.54) is 12.3 Å². The third kappa shape index (κ3) is 5.49. The molecule has 0 bridgehead atoms. The van der Waals surface area contributed by atoms with E-state index in [2.05, 4.69) is 29.7 Å². The van der Waals surface area contributed by atoms with Gasteiger partial charge in [0, 0.05) is 25.0 Å². The number of nitrogens with one attached hydrogen (secondary N) is 1. The van der Waals surface area contributed by atoms with Crippen LogP contribution in [-0.4, -0.2) is 32.2 Å². The molecule has 1 aromatic heterocycles. The van der Waals surface area contributed by atoms with Crippen molar-refractivity contribution in [2.75, 3.05) is 28.5 Å². The van der Waals surface area contributed by atoms with E-state index in [0.717, 1.165) is 18.8 Å². The van der Waals surface area contributed by atoms with E-state index in [0.29, 0.717) is 17.1 Å². The Bertz CT molecular complexity index is 962. The van der Waals surface area contributed by atoms with E-state index in [4.69, 9.17) is 6.57 Å². The van der Waals surface area contributed by atoms with Gasteiger partial charge in [-0.15, -0.1) is 10.2 Å². The lowest BCUT2D eigenvalue weighted by Crippen LogP contribution is -2.22. The summed E-state index contributed by atoms with van der Waals surface area (Å²) in [4.78, 5) is 9.47. The van der Waals surface area contributed by atoms with Crippen LogP contribution in [0, 0.1) is 6.57 Å². The van der Waals surface area contributed by atoms with Gasteiger partial charge in [-0.25, -0.2) is 18.2 Å². The third-order valence-electron chi connectivity index (χ3n) is 3.87. The topological polar surface area (TPSA) is 91.4 Å². The third-order valence-corrected chi connectivity index (χ3v) is 5.16. The monoisotopic (exact) mass is 386 g/mol. The van der Waals surface area contributed by atoms with E-state index in [-0.39, 0.29) is 11.6 Å². The van der Waals surface area contributed by atoms with Crippen LogP contribution in [0.25, 0.3) is 4.85 Å². The second kappa shape index (κ2) is 9.09. The van der Waals surface area contributed by atoms with Crippen molar-refractivity contribution in [1.82, 2.24) is 4.98 Å². The minimum atomic E-state index is -3.47. The first-order valence-electron chi connectivity index (χ1n) is 8.57. The highest BCUT2D eigenvalue weighted by Gasteiger charge is 2.13. The number of nitrogens with zero attached hydrogens (tertiary/aromatic N) is 5. The molecule has 2 aromatic rings. The Hall–Kier alpha value is -2.99. The maximum Gasteiger partial charge on any atom is 0.232 e. The number of rotatable bonds is 8. The molecule has 0 spiro atoms. The molecule has 0 aliphatic rings. The minimum Gasteiger partial charge on any atom is -0.372 e. The Kier molecular flexibility index (Phi) is 6.85. The van der Waals surface area contributed by atoms with Crippen LogP contribution >= 0.6 is 0 Å². The Labute approximate surface area is 159 Å². The van der Waals surface area contributed by atoms with Crippen LogP contribution in [0.2, 0.25) is 0 Å². The van der Waals surface area contributed by atoms with Crippen LogP contribution in [0.4, 0.5) is 28.6 Å². The van der Waals surface area contributed by atoms with Crippen LogP contribution < -0.4 is 9.62 Å². The van der Waals surface area contributed by atoms with E-state index in [1.54, 1.807) is 25.1 Å². The second-order valence-corrected chi connectivity index (χ2v) is 7.57. The number of hydrogen-bond donors (Lipinski definition) is 1. The summed E-state index contributed by atoms with van der Waals surface area (Å²) in [7, 11) is -3.47. The van der Waals surface area contributed by atoms with Crippen molar-refractivity contribution in [3.05, 3.63) is 47.9 Å². The number of azo groups is 1. The number of pyridine rings is 1. The summed E-state index contributed by atoms with van der Waals surface area (Å²) < 4.78 is 26.7. The van der Waals surface area contributed by atoms with Crippen molar-refractivity contribution in [3.63, 3.8) is 0 Å². The largest absolute Gasteiger partial charge is 0.372 e. The van der Waals surface area contributed by atoms with Gasteiger partial charge in [-0.05, 0) is 51.1 Å². The molecule has 27 heavy (non-hydrogen) atoms. The Morgan fingerprint density at radius 1 is 1.15 bits per heavy atom. The smallest absolute Gasteiger partial charge is 0.232 e. The van der Waals surface area contributed by atoms with Crippen LogP contribution in [-0.2, 0) is 10.0 Å². The van der Waals surface area contributed by atoms with Gasteiger partial charge >= 0.3 is 0 Å². The van der Waals surface area contributed by atoms with E-state index in [1.807, 2.05) is 19.9 Å². The SMILES string of the molecule is [C-]#[N+]c1ccnc(N=Nc2ccc(N(CC)CC)cc2NS(=O)(=O)CC)c1. The summed E-state index contributed by atoms with van der Waals surface area (Å²) in [5, 5.41) is 8.18. The Morgan fingerprint density at radius 3 is 2.52 bits per heavy atom. The van der Waals surface area contributed by atoms with Crippen molar-refractivity contribution in [1.29, 1.82) is 0 Å². The minimum absolute atomic E-state index is 0.0479. The maximum absolute atomic E-state index is 12.1. The standard InChI is InChI=1S/C18H22N6O2S/c1-5-24(6-2)15-8-9-16(17(13-15)23-27(25,26)7-3)21-22-18-12-14(19-4)10-11-20-18/h8-13,23H,5-7H2,1-3H3. The zero-order valence-electron chi connectivity index (χ0n) is 15.5. The molecule has 0 saturated heterocycles. The molecule has 142 valence electrons. The van der Waals surface area contributed by atoms with Crippen molar-refractivity contribution in [2.24, 2.45) is 10.2 Å². The predicted molar refractivity (Wildman–Crippen MR) is 108 cm³/mol. The molecule has 0 atom stereocenters. The summed E-state index contributed by atoms with van der Waals surface area (Å²) in [5.41, 5.74) is 2.02. The first-order chi connectivity index (χ1) is 12.9. The molecule has 0 aliphatic heterocycles. The molecule has 0 aliphatic carbocycles. The molecular formula is C18H22N6O2S. The van der Waals surface area contributed by atoms with Gasteiger partial charge in [-0.3, -0.25) is 4.72 Å². The number of sulfonamides is 1. The van der Waals surface area contributed by atoms with Crippen molar-refractivity contribution < 1.29 is 8.42 Å². The normalized spacial score (nSPS) is 11.3. The zero-order chi connectivity index (χ0) is 19.9. The van der Waals surface area contributed by atoms with Gasteiger partial charge < -0.3 is 4.90 Å². The number of anilines is 2. The lowest BCUT2D eigenvalue weighted by atomic mass is 10.2. The average molecular weight is 386 g/mol. The first kappa shape index (κ1) is 20.3. The molecule has 0 saturated carbocycles. The van der Waals surface area contributed by atoms with Crippen LogP contribution in [0.5, 0.6) is 0 Å². The van der Waals surface area contributed by atoms with Gasteiger partial charge in [-0.1, -0.05) is 0 Å². The fourth-order valence-electron chi connectivity index (χ4n) is 2.36. The average Bonchev–Trinajstić information content (AvgIpc) is 2.68. The Morgan fingerprint density at radius 2 is 1.89 bits per heavy atom. The van der Waals surface area contributed by atoms with Gasteiger partial charge in [-0.2, -0.15) is 0 Å². The van der Waals surface area contributed by atoms with E-state index >= 15 is 0 Å². The molecule has 1 N–H and O–H groups in total. The van der Waals surface area contributed by atoms with Gasteiger partial charge in [0.25, 0.3) is 0 Å². The summed E-state index contributed by atoms with van der Waals surface area (Å²) in [6.45, 7) is 14.3. The molecule has 1 aromatic carbocycles. The predicted octanol–water partition coefficient (Wildman–Crippen LogP) is 4.66. The number of benzene rings is 1. The van der Waals surface area contributed by atoms with Gasteiger partial charge in [0.15, 0.2) is 11.5 Å². The molecular weight excluding hydrogens is 364 g/mol. The summed E-state index contributed by atoms with van der Waals surface area (Å²) in [6, 6.07) is 8.41. The van der Waals surface area contributed by atoms with Gasteiger partial charge in [0.05, 0.1) is 18.0 Å². The summed E-state index contributed by atoms with van der Waals surface area (Å²) in [5.74, 6) is 0.230. The summed E-state index contributed by atoms with van der Waals surface area (Å²) >= 11 is 0. The lowest BCUT2D eigenvalue weighted by Gasteiger charge is -2.22. The van der Waals surface area contributed by atoms with Crippen LogP contribution in [0.1, 0.15) is 20.8 Å². The molecule has 9 heteroatoms. The molecule has 0 amide bonds. The molecule has 1 heterocycles. The van der Waals surface area contributed by atoms with Gasteiger partial charge in [0.2, 0.25) is 10.0 Å². The molecule has 0 unspecified atom stereocenters. The van der Waals surface area contributed by atoms with Crippen LogP contribution in [0.15, 0.2) is 46.8 Å². The molecule has 8 nitrogen and oxygen atoms in total. The molecule has 0 fully saturated rings. The van der Waals surface area contributed by atoms with E-state index in [9.17, 15) is 8.42 Å². The number of aromatic nitrogens is 1. The zero-order valence-corrected chi connectivity index (χ0v) is 16.4. The summed E-state index contributed by atoms with van der Waals surface area (Å²) in [6.07, 6.45) is 1.48. The Balaban J connectivity index is 2.44. The van der Waals surface area contributed by atoms with Crippen molar-refractivity contribution >= 4 is 38.6 Å². The highest BCUT2D eigenvalue weighted by atomic mass is 32.2. The highest BCUT2D eigenvalue weighted by molar-refractivity contribution is 7.92. The highest BCUT2D eigenvalue weighted by Crippen LogP contribution is 2.32. The maximum atomic E-state index is 12.1. The second-order valence-electron chi connectivity index (χ2n) is 5.56. The lowest BCUT2D eigenvalue weighted by molar-refractivity contribution is 0.602.